The molecule has 2 aromatic heterocycles. The van der Waals surface area contributed by atoms with Crippen LogP contribution < -0.4 is 24.6 Å². The van der Waals surface area contributed by atoms with Crippen molar-refractivity contribution in [2.24, 2.45) is 0 Å². The van der Waals surface area contributed by atoms with E-state index in [1.54, 1.807) is 20.4 Å². The van der Waals surface area contributed by atoms with E-state index in [1.165, 1.54) is 0 Å². The summed E-state index contributed by atoms with van der Waals surface area (Å²) >= 11 is 0. The van der Waals surface area contributed by atoms with E-state index in [0.29, 0.717) is 17.5 Å². The summed E-state index contributed by atoms with van der Waals surface area (Å²) in [5, 5.41) is 3.31. The normalized spacial score (nSPS) is 13.9. The number of nitrogens with zero attached hydrogens (tertiary/aromatic N) is 5. The maximum absolute atomic E-state index is 5.45. The monoisotopic (exact) mass is 392 g/mol. The van der Waals surface area contributed by atoms with E-state index in [2.05, 4.69) is 25.1 Å². The Bertz CT molecular complexity index is 945. The van der Waals surface area contributed by atoms with Gasteiger partial charge in [-0.15, -0.1) is 0 Å². The predicted molar refractivity (Wildman–Crippen MR) is 114 cm³/mol. The molecule has 1 aliphatic heterocycles. The molecule has 1 saturated heterocycles. The second-order valence-corrected chi connectivity index (χ2v) is 6.60. The smallest absolute Gasteiger partial charge is 0.227 e. The number of ether oxygens (including phenoxy) is 2. The minimum atomic E-state index is 0.688. The second-order valence-electron chi connectivity index (χ2n) is 6.60. The lowest BCUT2D eigenvalue weighted by Gasteiger charge is -2.35. The molecule has 3 heterocycles. The molecule has 0 amide bonds. The molecule has 150 valence electrons. The molecule has 8 heteroatoms. The van der Waals surface area contributed by atoms with Crippen LogP contribution in [-0.4, -0.2) is 55.4 Å². The highest BCUT2D eigenvalue weighted by atomic mass is 16.5. The number of rotatable bonds is 6. The number of methoxy groups -OCH3 is 2. The Hall–Kier alpha value is -3.55. The first-order valence-electron chi connectivity index (χ1n) is 9.50. The number of piperazine rings is 1. The zero-order valence-electron chi connectivity index (χ0n) is 16.6. The molecule has 1 aromatic carbocycles. The van der Waals surface area contributed by atoms with Gasteiger partial charge in [-0.3, -0.25) is 0 Å². The summed E-state index contributed by atoms with van der Waals surface area (Å²) in [6, 6.07) is 13.5. The van der Waals surface area contributed by atoms with Crippen LogP contribution >= 0.6 is 0 Å². The lowest BCUT2D eigenvalue weighted by molar-refractivity contribution is 0.395. The lowest BCUT2D eigenvalue weighted by atomic mass is 10.2. The second kappa shape index (κ2) is 8.64. The minimum Gasteiger partial charge on any atom is -0.497 e. The highest BCUT2D eigenvalue weighted by Crippen LogP contribution is 2.31. The van der Waals surface area contributed by atoms with Crippen LogP contribution in [0.3, 0.4) is 0 Å². The highest BCUT2D eigenvalue weighted by molar-refractivity contribution is 5.66. The third-order valence-electron chi connectivity index (χ3n) is 4.85. The third-order valence-corrected chi connectivity index (χ3v) is 4.85. The summed E-state index contributed by atoms with van der Waals surface area (Å²) in [6.07, 6.45) is 3.60. The largest absolute Gasteiger partial charge is 0.497 e. The van der Waals surface area contributed by atoms with Crippen molar-refractivity contribution in [3.63, 3.8) is 0 Å². The van der Waals surface area contributed by atoms with Crippen LogP contribution in [-0.2, 0) is 0 Å². The molecular formula is C21H24N6O2. The van der Waals surface area contributed by atoms with Crippen molar-refractivity contribution in [3.05, 3.63) is 54.9 Å². The fraction of sp³-hybridized carbons (Fsp3) is 0.286. The lowest BCUT2D eigenvalue weighted by Crippen LogP contribution is -2.47. The molecular weight excluding hydrogens is 368 g/mol. The van der Waals surface area contributed by atoms with Gasteiger partial charge in [0.05, 0.1) is 19.9 Å². The van der Waals surface area contributed by atoms with Gasteiger partial charge in [0.25, 0.3) is 0 Å². The number of aromatic nitrogens is 3. The maximum atomic E-state index is 5.45. The first-order chi connectivity index (χ1) is 14.3. The number of hydrogen-bond donors (Lipinski definition) is 1. The van der Waals surface area contributed by atoms with Crippen LogP contribution in [0.2, 0.25) is 0 Å². The summed E-state index contributed by atoms with van der Waals surface area (Å²) in [5.74, 6) is 3.86. The summed E-state index contributed by atoms with van der Waals surface area (Å²) in [6.45, 7) is 3.44. The molecule has 0 aliphatic carbocycles. The van der Waals surface area contributed by atoms with Crippen molar-refractivity contribution in [2.45, 2.75) is 0 Å². The Morgan fingerprint density at radius 2 is 1.69 bits per heavy atom. The Labute approximate surface area is 170 Å². The first kappa shape index (κ1) is 18.8. The molecule has 0 radical (unpaired) electrons. The number of hydrogen-bond acceptors (Lipinski definition) is 8. The van der Waals surface area contributed by atoms with Crippen molar-refractivity contribution in [1.29, 1.82) is 0 Å². The fourth-order valence-electron chi connectivity index (χ4n) is 3.29. The minimum absolute atomic E-state index is 0.688. The van der Waals surface area contributed by atoms with E-state index >= 15 is 0 Å². The molecule has 0 unspecified atom stereocenters. The zero-order chi connectivity index (χ0) is 20.1. The van der Waals surface area contributed by atoms with Gasteiger partial charge < -0.3 is 24.6 Å². The average Bonchev–Trinajstić information content (AvgIpc) is 2.80. The molecule has 0 bridgehead atoms. The van der Waals surface area contributed by atoms with Gasteiger partial charge in [0.1, 0.15) is 23.1 Å². The predicted octanol–water partition coefficient (Wildman–Crippen LogP) is 2.96. The molecule has 4 rings (SSSR count). The van der Waals surface area contributed by atoms with Gasteiger partial charge >= 0.3 is 0 Å². The SMILES string of the molecule is COc1ccc(Nc2ccnc(N3CCN(c4ccccn4)CC3)n2)c(OC)c1. The van der Waals surface area contributed by atoms with Crippen LogP contribution in [0.15, 0.2) is 54.9 Å². The van der Waals surface area contributed by atoms with Crippen molar-refractivity contribution < 1.29 is 9.47 Å². The van der Waals surface area contributed by atoms with Crippen LogP contribution in [0, 0.1) is 0 Å². The number of pyridine rings is 1. The third kappa shape index (κ3) is 4.31. The van der Waals surface area contributed by atoms with Crippen LogP contribution in [0.25, 0.3) is 0 Å². The molecule has 1 aliphatic rings. The van der Waals surface area contributed by atoms with Gasteiger partial charge in [-0.2, -0.15) is 4.98 Å². The quantitative estimate of drug-likeness (QED) is 0.686. The molecule has 1 fully saturated rings. The summed E-state index contributed by atoms with van der Waals surface area (Å²) in [4.78, 5) is 18.1. The Morgan fingerprint density at radius 1 is 0.862 bits per heavy atom. The molecule has 1 N–H and O–H groups in total. The standard InChI is InChI=1S/C21H24N6O2/c1-28-16-6-7-17(18(15-16)29-2)24-19-8-10-23-21(25-19)27-13-11-26(12-14-27)20-5-3-4-9-22-20/h3-10,15H,11-14H2,1-2H3,(H,23,24,25). The number of nitrogens with one attached hydrogen (secondary N) is 1. The molecule has 3 aromatic rings. The summed E-state index contributed by atoms with van der Waals surface area (Å²) in [5.41, 5.74) is 0.818. The van der Waals surface area contributed by atoms with Crippen LogP contribution in [0.4, 0.5) is 23.3 Å². The molecule has 0 atom stereocenters. The summed E-state index contributed by atoms with van der Waals surface area (Å²) < 4.78 is 10.7. The van der Waals surface area contributed by atoms with Gasteiger partial charge in [-0.1, -0.05) is 6.07 Å². The molecule has 29 heavy (non-hydrogen) atoms. The van der Waals surface area contributed by atoms with Crippen molar-refractivity contribution in [2.75, 3.05) is 55.5 Å². The molecule has 0 spiro atoms. The molecule has 8 nitrogen and oxygen atoms in total. The van der Waals surface area contributed by atoms with E-state index in [-0.39, 0.29) is 0 Å². The molecule has 0 saturated carbocycles. The van der Waals surface area contributed by atoms with E-state index in [9.17, 15) is 0 Å². The van der Waals surface area contributed by atoms with Crippen molar-refractivity contribution >= 4 is 23.3 Å². The van der Waals surface area contributed by atoms with E-state index in [0.717, 1.165) is 43.4 Å². The van der Waals surface area contributed by atoms with Gasteiger partial charge in [0, 0.05) is 44.6 Å². The Morgan fingerprint density at radius 3 is 2.41 bits per heavy atom. The van der Waals surface area contributed by atoms with Gasteiger partial charge in [-0.25, -0.2) is 9.97 Å². The van der Waals surface area contributed by atoms with Crippen molar-refractivity contribution in [3.8, 4) is 11.5 Å². The zero-order valence-corrected chi connectivity index (χ0v) is 16.6. The fourth-order valence-corrected chi connectivity index (χ4v) is 3.29. The van der Waals surface area contributed by atoms with Gasteiger partial charge in [0.2, 0.25) is 5.95 Å². The van der Waals surface area contributed by atoms with Crippen LogP contribution in [0.5, 0.6) is 11.5 Å². The van der Waals surface area contributed by atoms with Crippen LogP contribution in [0.1, 0.15) is 0 Å². The van der Waals surface area contributed by atoms with E-state index in [4.69, 9.17) is 14.5 Å². The summed E-state index contributed by atoms with van der Waals surface area (Å²) in [7, 11) is 3.26. The van der Waals surface area contributed by atoms with Gasteiger partial charge in [-0.05, 0) is 30.3 Å². The van der Waals surface area contributed by atoms with Crippen molar-refractivity contribution in [1.82, 2.24) is 15.0 Å². The van der Waals surface area contributed by atoms with E-state index in [1.807, 2.05) is 48.7 Å². The average molecular weight is 392 g/mol. The maximum Gasteiger partial charge on any atom is 0.227 e. The Kier molecular flexibility index (Phi) is 5.60. The Balaban J connectivity index is 1.44. The highest BCUT2D eigenvalue weighted by Gasteiger charge is 2.20. The number of benzene rings is 1. The number of anilines is 4. The van der Waals surface area contributed by atoms with E-state index < -0.39 is 0 Å². The first-order valence-corrected chi connectivity index (χ1v) is 9.50. The topological polar surface area (TPSA) is 75.6 Å². The van der Waals surface area contributed by atoms with Gasteiger partial charge in [0.15, 0.2) is 0 Å².